The Labute approximate surface area is 288 Å². The minimum absolute atomic E-state index is 0.0301. The van der Waals surface area contributed by atoms with Crippen molar-refractivity contribution < 1.29 is 83.8 Å². The summed E-state index contributed by atoms with van der Waals surface area (Å²) in [6.45, 7) is 4.78. The first-order chi connectivity index (χ1) is 23.7. The molecule has 0 aliphatic heterocycles. The predicted molar refractivity (Wildman–Crippen MR) is 176 cm³/mol. The van der Waals surface area contributed by atoms with Crippen LogP contribution in [0.25, 0.3) is 18.2 Å². The van der Waals surface area contributed by atoms with Gasteiger partial charge in [-0.05, 0) is 31.2 Å². The minimum Gasteiger partial charge on any atom is -0.508 e. The SMILES string of the molecule is CC(=O)/C=C/c1c(O)cc(O)cc1O.CC(=O)Oc1cc(OC(C)=O)c(/C=C/C(=O)O)c(OC(C)=O)c1.O=C(O)/C=C/c1c(O)cc(O)cc1O. The molecular weight excluding hydrogens is 680 g/mol. The molecule has 17 nitrogen and oxygen atoms in total. The second kappa shape index (κ2) is 19.5. The number of rotatable bonds is 9. The molecule has 0 aliphatic carbocycles. The fourth-order valence-corrected chi connectivity index (χ4v) is 3.51. The van der Waals surface area contributed by atoms with Crippen LogP contribution in [0.1, 0.15) is 44.4 Å². The largest absolute Gasteiger partial charge is 0.508 e. The first-order valence-electron chi connectivity index (χ1n) is 13.9. The summed E-state index contributed by atoms with van der Waals surface area (Å²) < 4.78 is 14.8. The van der Waals surface area contributed by atoms with Crippen LogP contribution < -0.4 is 14.2 Å². The molecule has 3 aromatic carbocycles. The Balaban J connectivity index is 0.000000402. The van der Waals surface area contributed by atoms with E-state index in [0.717, 1.165) is 69.3 Å². The zero-order valence-corrected chi connectivity index (χ0v) is 27.2. The van der Waals surface area contributed by atoms with E-state index in [2.05, 4.69) is 0 Å². The van der Waals surface area contributed by atoms with Crippen molar-refractivity contribution in [3.63, 3.8) is 0 Å². The molecule has 0 heterocycles. The summed E-state index contributed by atoms with van der Waals surface area (Å²) in [6.07, 6.45) is 6.17. The molecule has 0 saturated heterocycles. The number of phenols is 6. The fourth-order valence-electron chi connectivity index (χ4n) is 3.51. The lowest BCUT2D eigenvalue weighted by Crippen LogP contribution is -2.09. The number of carbonyl (C=O) groups is 6. The molecular formula is C34H32O17. The van der Waals surface area contributed by atoms with E-state index in [4.69, 9.17) is 34.6 Å². The van der Waals surface area contributed by atoms with Crippen molar-refractivity contribution in [1.82, 2.24) is 0 Å². The number of hydrogen-bond acceptors (Lipinski definition) is 15. The van der Waals surface area contributed by atoms with Gasteiger partial charge in [-0.3, -0.25) is 19.2 Å². The quantitative estimate of drug-likeness (QED) is 0.0887. The van der Waals surface area contributed by atoms with E-state index in [-0.39, 0.29) is 74.2 Å². The van der Waals surface area contributed by atoms with E-state index in [1.54, 1.807) is 0 Å². The molecule has 3 rings (SSSR count). The summed E-state index contributed by atoms with van der Waals surface area (Å²) in [6, 6.07) is 6.58. The smallest absolute Gasteiger partial charge is 0.328 e. The lowest BCUT2D eigenvalue weighted by Gasteiger charge is -2.13. The average Bonchev–Trinajstić information content (AvgIpc) is 2.95. The number of ketones is 1. The first kappa shape index (κ1) is 41.7. The Morgan fingerprint density at radius 3 is 1.08 bits per heavy atom. The van der Waals surface area contributed by atoms with Crippen molar-refractivity contribution >= 4 is 53.9 Å². The number of aliphatic carboxylic acids is 2. The average molecular weight is 713 g/mol. The summed E-state index contributed by atoms with van der Waals surface area (Å²) in [7, 11) is 0. The second-order valence-corrected chi connectivity index (χ2v) is 9.70. The second-order valence-electron chi connectivity index (χ2n) is 9.70. The van der Waals surface area contributed by atoms with Crippen molar-refractivity contribution in [3.05, 3.63) is 71.3 Å². The molecule has 0 bridgehead atoms. The monoisotopic (exact) mass is 712 g/mol. The predicted octanol–water partition coefficient (Wildman–Crippen LogP) is 3.87. The van der Waals surface area contributed by atoms with Gasteiger partial charge in [0.25, 0.3) is 0 Å². The topological polar surface area (TPSA) is 292 Å². The summed E-state index contributed by atoms with van der Waals surface area (Å²) in [5.74, 6) is -6.81. The third-order valence-electron chi connectivity index (χ3n) is 5.36. The van der Waals surface area contributed by atoms with Gasteiger partial charge in [-0.25, -0.2) is 9.59 Å². The maximum Gasteiger partial charge on any atom is 0.328 e. The third-order valence-corrected chi connectivity index (χ3v) is 5.36. The van der Waals surface area contributed by atoms with E-state index in [9.17, 15) is 49.2 Å². The number of carboxylic acid groups (broad SMARTS) is 2. The van der Waals surface area contributed by atoms with Crippen LogP contribution >= 0.6 is 0 Å². The molecule has 0 unspecified atom stereocenters. The highest BCUT2D eigenvalue weighted by molar-refractivity contribution is 5.92. The van der Waals surface area contributed by atoms with Crippen LogP contribution in [0.5, 0.6) is 51.7 Å². The maximum absolute atomic E-state index is 11.2. The Kier molecular flexibility index (Phi) is 16.0. The number of aromatic hydroxyl groups is 6. The number of carbonyl (C=O) groups excluding carboxylic acids is 4. The lowest BCUT2D eigenvalue weighted by molar-refractivity contribution is -0.133. The molecule has 0 atom stereocenters. The van der Waals surface area contributed by atoms with Gasteiger partial charge in [0, 0.05) is 69.3 Å². The molecule has 51 heavy (non-hydrogen) atoms. The number of phenolic OH excluding ortho intramolecular Hbond substituents is 6. The molecule has 8 N–H and O–H groups in total. The van der Waals surface area contributed by atoms with Crippen LogP contribution in [-0.4, -0.2) is 76.5 Å². The van der Waals surface area contributed by atoms with Gasteiger partial charge >= 0.3 is 29.8 Å². The summed E-state index contributed by atoms with van der Waals surface area (Å²) >= 11 is 0. The molecule has 0 fully saturated rings. The highest BCUT2D eigenvalue weighted by atomic mass is 16.6. The van der Waals surface area contributed by atoms with Crippen LogP contribution in [0.3, 0.4) is 0 Å². The number of esters is 3. The molecule has 0 aliphatic rings. The molecule has 0 aromatic heterocycles. The van der Waals surface area contributed by atoms with Gasteiger partial charge in [-0.2, -0.15) is 0 Å². The maximum atomic E-state index is 11.2. The summed E-state index contributed by atoms with van der Waals surface area (Å²) in [5.41, 5.74) is 0.0944. The zero-order valence-electron chi connectivity index (χ0n) is 27.2. The van der Waals surface area contributed by atoms with Crippen molar-refractivity contribution in [3.8, 4) is 51.7 Å². The molecule has 0 saturated carbocycles. The Hall–Kier alpha value is -7.30. The summed E-state index contributed by atoms with van der Waals surface area (Å²) in [4.78, 5) is 64.9. The molecule has 0 amide bonds. The van der Waals surface area contributed by atoms with Crippen molar-refractivity contribution in [2.75, 3.05) is 0 Å². The van der Waals surface area contributed by atoms with E-state index in [0.29, 0.717) is 0 Å². The number of carboxylic acids is 2. The lowest BCUT2D eigenvalue weighted by atomic mass is 10.1. The highest BCUT2D eigenvalue weighted by Gasteiger charge is 2.17. The van der Waals surface area contributed by atoms with Crippen LogP contribution in [0, 0.1) is 0 Å². The van der Waals surface area contributed by atoms with Gasteiger partial charge < -0.3 is 55.1 Å². The van der Waals surface area contributed by atoms with Gasteiger partial charge in [-0.15, -0.1) is 0 Å². The van der Waals surface area contributed by atoms with Crippen LogP contribution in [0.2, 0.25) is 0 Å². The highest BCUT2D eigenvalue weighted by Crippen LogP contribution is 2.36. The van der Waals surface area contributed by atoms with Crippen LogP contribution in [0.15, 0.2) is 54.6 Å². The van der Waals surface area contributed by atoms with Gasteiger partial charge in [-0.1, -0.05) is 0 Å². The molecule has 17 heteroatoms. The van der Waals surface area contributed by atoms with Crippen molar-refractivity contribution in [2.45, 2.75) is 27.7 Å². The first-order valence-corrected chi connectivity index (χ1v) is 13.9. The summed E-state index contributed by atoms with van der Waals surface area (Å²) in [5, 5.41) is 72.0. The molecule has 3 aromatic rings. The van der Waals surface area contributed by atoms with E-state index in [1.165, 1.54) is 31.2 Å². The Morgan fingerprint density at radius 2 is 0.784 bits per heavy atom. The van der Waals surface area contributed by atoms with Crippen LogP contribution in [-0.2, 0) is 28.8 Å². The van der Waals surface area contributed by atoms with Crippen LogP contribution in [0.4, 0.5) is 0 Å². The van der Waals surface area contributed by atoms with Crippen molar-refractivity contribution in [1.29, 1.82) is 0 Å². The Bertz CT molecular complexity index is 1740. The zero-order chi connectivity index (χ0) is 39.0. The van der Waals surface area contributed by atoms with Gasteiger partial charge in [0.15, 0.2) is 5.78 Å². The van der Waals surface area contributed by atoms with E-state index >= 15 is 0 Å². The van der Waals surface area contributed by atoms with Crippen molar-refractivity contribution in [2.24, 2.45) is 0 Å². The number of allylic oxidation sites excluding steroid dienone is 1. The van der Waals surface area contributed by atoms with Gasteiger partial charge in [0.2, 0.25) is 0 Å². The standard InChI is InChI=1S/C15H14O8.C10H10O4.C9H8O5/c1-8(16)21-11-6-13(22-9(2)17)12(4-5-15(19)20)14(7-11)23-10(3)18;1-6(11)2-3-8-9(13)4-7(12)5-10(8)14;10-5-3-7(11)6(8(12)4-5)1-2-9(13)14/h4-7H,1-3H3,(H,19,20);2-5,12-14H,1H3;1-4,10-12H,(H,13,14)/b5-4+;3-2+;2-1+. The number of hydrogen-bond donors (Lipinski definition) is 8. The molecule has 0 spiro atoms. The van der Waals surface area contributed by atoms with Gasteiger partial charge in [0.1, 0.15) is 51.7 Å². The molecule has 270 valence electrons. The van der Waals surface area contributed by atoms with E-state index < -0.39 is 29.8 Å². The molecule has 0 radical (unpaired) electrons. The number of ether oxygens (including phenoxy) is 3. The Morgan fingerprint density at radius 1 is 0.471 bits per heavy atom. The number of benzene rings is 3. The van der Waals surface area contributed by atoms with E-state index in [1.807, 2.05) is 0 Å². The van der Waals surface area contributed by atoms with Gasteiger partial charge in [0.05, 0.1) is 16.7 Å². The normalized spacial score (nSPS) is 10.4. The third kappa shape index (κ3) is 15.4. The minimum atomic E-state index is -1.25. The fraction of sp³-hybridized carbons (Fsp3) is 0.118.